The second-order valence-corrected chi connectivity index (χ2v) is 7.34. The Balaban J connectivity index is 1.48. The summed E-state index contributed by atoms with van der Waals surface area (Å²) in [5.41, 5.74) is 0.480. The highest BCUT2D eigenvalue weighted by Gasteiger charge is 2.15. The highest BCUT2D eigenvalue weighted by atomic mass is 32.2. The summed E-state index contributed by atoms with van der Waals surface area (Å²) in [5.74, 6) is 1.96. The lowest BCUT2D eigenvalue weighted by Gasteiger charge is -2.00. The number of aromatic nitrogens is 5. The van der Waals surface area contributed by atoms with Crippen LogP contribution in [0.2, 0.25) is 0 Å². The molecule has 1 aromatic carbocycles. The van der Waals surface area contributed by atoms with Crippen molar-refractivity contribution >= 4 is 28.8 Å². The summed E-state index contributed by atoms with van der Waals surface area (Å²) < 4.78 is 7.14. The molecule has 0 radical (unpaired) electrons. The maximum atomic E-state index is 10.9. The van der Waals surface area contributed by atoms with Crippen molar-refractivity contribution in [2.24, 2.45) is 7.05 Å². The van der Waals surface area contributed by atoms with Gasteiger partial charge in [-0.05, 0) is 17.5 Å². The summed E-state index contributed by atoms with van der Waals surface area (Å²) >= 11 is 3.04. The SMILES string of the molecule is Cn1c(SCc2noc(-c3cccc([N+](=O)[O-])c3)n2)nnc1-c1cccs1. The fourth-order valence-electron chi connectivity index (χ4n) is 2.37. The van der Waals surface area contributed by atoms with Crippen molar-refractivity contribution in [3.8, 4) is 22.2 Å². The molecule has 0 unspecified atom stereocenters. The van der Waals surface area contributed by atoms with Gasteiger partial charge in [0, 0.05) is 24.7 Å². The van der Waals surface area contributed by atoms with E-state index >= 15 is 0 Å². The molecule has 0 saturated heterocycles. The van der Waals surface area contributed by atoms with Crippen LogP contribution in [0.15, 0.2) is 51.5 Å². The highest BCUT2D eigenvalue weighted by Crippen LogP contribution is 2.28. The first-order valence-electron chi connectivity index (χ1n) is 7.75. The van der Waals surface area contributed by atoms with Gasteiger partial charge in [-0.3, -0.25) is 10.1 Å². The largest absolute Gasteiger partial charge is 0.334 e. The van der Waals surface area contributed by atoms with Crippen LogP contribution in [0.1, 0.15) is 5.82 Å². The highest BCUT2D eigenvalue weighted by molar-refractivity contribution is 7.98. The lowest BCUT2D eigenvalue weighted by atomic mass is 10.2. The zero-order valence-electron chi connectivity index (χ0n) is 14.0. The minimum Gasteiger partial charge on any atom is -0.334 e. The molecule has 4 rings (SSSR count). The van der Waals surface area contributed by atoms with Gasteiger partial charge in [0.05, 0.1) is 15.6 Å². The Labute approximate surface area is 161 Å². The molecular weight excluding hydrogens is 388 g/mol. The van der Waals surface area contributed by atoms with Crippen LogP contribution in [0.5, 0.6) is 0 Å². The fraction of sp³-hybridized carbons (Fsp3) is 0.125. The van der Waals surface area contributed by atoms with Crippen LogP contribution in [0.4, 0.5) is 5.69 Å². The van der Waals surface area contributed by atoms with E-state index in [1.54, 1.807) is 23.5 Å². The molecule has 0 N–H and O–H groups in total. The molecule has 9 nitrogen and oxygen atoms in total. The van der Waals surface area contributed by atoms with Crippen molar-refractivity contribution in [3.63, 3.8) is 0 Å². The predicted molar refractivity (Wildman–Crippen MR) is 100 cm³/mol. The van der Waals surface area contributed by atoms with Crippen LogP contribution < -0.4 is 0 Å². The van der Waals surface area contributed by atoms with Crippen LogP contribution in [0.25, 0.3) is 22.2 Å². The van der Waals surface area contributed by atoms with Gasteiger partial charge in [-0.1, -0.05) is 29.1 Å². The van der Waals surface area contributed by atoms with E-state index in [1.165, 1.54) is 23.9 Å². The number of hydrogen-bond acceptors (Lipinski definition) is 9. The molecule has 0 spiro atoms. The van der Waals surface area contributed by atoms with Crippen molar-refractivity contribution in [2.45, 2.75) is 10.9 Å². The number of hydrogen-bond donors (Lipinski definition) is 0. The number of nitrogens with zero attached hydrogens (tertiary/aromatic N) is 6. The van der Waals surface area contributed by atoms with Gasteiger partial charge >= 0.3 is 0 Å². The Kier molecular flexibility index (Phi) is 4.69. The minimum absolute atomic E-state index is 0.0261. The van der Waals surface area contributed by atoms with Gasteiger partial charge in [0.15, 0.2) is 16.8 Å². The van der Waals surface area contributed by atoms with E-state index in [0.717, 1.165) is 15.9 Å². The summed E-state index contributed by atoms with van der Waals surface area (Å²) in [4.78, 5) is 15.8. The van der Waals surface area contributed by atoms with Crippen molar-refractivity contribution in [1.29, 1.82) is 0 Å². The van der Waals surface area contributed by atoms with E-state index in [4.69, 9.17) is 4.52 Å². The van der Waals surface area contributed by atoms with Gasteiger partial charge < -0.3 is 9.09 Å². The minimum atomic E-state index is -0.462. The molecule has 0 aliphatic heterocycles. The zero-order valence-corrected chi connectivity index (χ0v) is 15.6. The molecule has 4 aromatic rings. The monoisotopic (exact) mass is 400 g/mol. The lowest BCUT2D eigenvalue weighted by Crippen LogP contribution is -1.94. The molecular formula is C16H12N6O3S2. The van der Waals surface area contributed by atoms with Gasteiger partial charge in [0.25, 0.3) is 11.6 Å². The third-order valence-electron chi connectivity index (χ3n) is 3.68. The van der Waals surface area contributed by atoms with E-state index in [2.05, 4.69) is 20.3 Å². The van der Waals surface area contributed by atoms with E-state index in [0.29, 0.717) is 17.1 Å². The number of nitro groups is 1. The fourth-order valence-corrected chi connectivity index (χ4v) is 3.87. The Bertz CT molecular complexity index is 1090. The first kappa shape index (κ1) is 17.4. The van der Waals surface area contributed by atoms with Gasteiger partial charge in [0.2, 0.25) is 0 Å². The first-order valence-corrected chi connectivity index (χ1v) is 9.62. The van der Waals surface area contributed by atoms with Crippen LogP contribution in [0, 0.1) is 10.1 Å². The zero-order chi connectivity index (χ0) is 18.8. The van der Waals surface area contributed by atoms with Gasteiger partial charge in [0.1, 0.15) is 0 Å². The second-order valence-electron chi connectivity index (χ2n) is 5.45. The number of nitro benzene ring substituents is 1. The summed E-state index contributed by atoms with van der Waals surface area (Å²) in [6.07, 6.45) is 0. The number of non-ortho nitro benzene ring substituents is 1. The Hall–Kier alpha value is -3.05. The van der Waals surface area contributed by atoms with Crippen LogP contribution in [-0.4, -0.2) is 29.8 Å². The van der Waals surface area contributed by atoms with Crippen molar-refractivity contribution in [1.82, 2.24) is 24.9 Å². The molecule has 0 aliphatic rings. The van der Waals surface area contributed by atoms with Crippen LogP contribution in [0.3, 0.4) is 0 Å². The maximum absolute atomic E-state index is 10.9. The van der Waals surface area contributed by atoms with Crippen molar-refractivity contribution in [3.05, 3.63) is 57.7 Å². The Morgan fingerprint density at radius 2 is 2.19 bits per heavy atom. The molecule has 3 aromatic heterocycles. The quantitative estimate of drug-likeness (QED) is 0.273. The smallest absolute Gasteiger partial charge is 0.270 e. The van der Waals surface area contributed by atoms with Gasteiger partial charge in [-0.25, -0.2) is 0 Å². The van der Waals surface area contributed by atoms with Gasteiger partial charge in [-0.15, -0.1) is 21.5 Å². The van der Waals surface area contributed by atoms with E-state index in [9.17, 15) is 10.1 Å². The molecule has 11 heteroatoms. The molecule has 0 atom stereocenters. The third-order valence-corrected chi connectivity index (χ3v) is 5.56. The Morgan fingerprint density at radius 1 is 1.30 bits per heavy atom. The molecule has 0 bridgehead atoms. The molecule has 27 heavy (non-hydrogen) atoms. The molecule has 3 heterocycles. The first-order chi connectivity index (χ1) is 13.1. The molecule has 0 saturated carbocycles. The van der Waals surface area contributed by atoms with E-state index in [1.807, 2.05) is 29.1 Å². The molecule has 0 fully saturated rings. The summed E-state index contributed by atoms with van der Waals surface area (Å²) in [7, 11) is 1.90. The normalized spacial score (nSPS) is 11.0. The topological polar surface area (TPSA) is 113 Å². The predicted octanol–water partition coefficient (Wildman–Crippen LogP) is 3.79. The summed E-state index contributed by atoms with van der Waals surface area (Å²) in [6, 6.07) is 10.0. The Morgan fingerprint density at radius 3 is 2.96 bits per heavy atom. The van der Waals surface area contributed by atoms with Gasteiger partial charge in [-0.2, -0.15) is 4.98 Å². The molecule has 0 amide bonds. The molecule has 136 valence electrons. The number of thiophene rings is 1. The standard InChI is InChI=1S/C16H12N6O3S2/c1-21-14(12-6-3-7-26-12)18-19-16(21)27-9-13-17-15(25-20-13)10-4-2-5-11(8-10)22(23)24/h2-8H,9H2,1H3. The van der Waals surface area contributed by atoms with E-state index in [-0.39, 0.29) is 11.6 Å². The second kappa shape index (κ2) is 7.29. The average molecular weight is 400 g/mol. The lowest BCUT2D eigenvalue weighted by molar-refractivity contribution is -0.384. The van der Waals surface area contributed by atoms with Crippen molar-refractivity contribution < 1.29 is 9.45 Å². The third kappa shape index (κ3) is 3.59. The number of benzene rings is 1. The van der Waals surface area contributed by atoms with Crippen LogP contribution >= 0.6 is 23.1 Å². The molecule has 0 aliphatic carbocycles. The average Bonchev–Trinajstić information content (AvgIpc) is 3.41. The van der Waals surface area contributed by atoms with Crippen LogP contribution in [-0.2, 0) is 12.8 Å². The van der Waals surface area contributed by atoms with E-state index < -0.39 is 4.92 Å². The number of thioether (sulfide) groups is 1. The number of rotatable bonds is 6. The van der Waals surface area contributed by atoms with Crippen molar-refractivity contribution in [2.75, 3.05) is 0 Å². The maximum Gasteiger partial charge on any atom is 0.270 e. The summed E-state index contributed by atoms with van der Waals surface area (Å²) in [5, 5.41) is 26.0. The summed E-state index contributed by atoms with van der Waals surface area (Å²) in [6.45, 7) is 0.